The summed E-state index contributed by atoms with van der Waals surface area (Å²) in [5.74, 6) is -3.43. The van der Waals surface area contributed by atoms with Crippen molar-refractivity contribution in [3.8, 4) is 0 Å². The Morgan fingerprint density at radius 2 is 1.76 bits per heavy atom. The first-order valence-electron chi connectivity index (χ1n) is 6.24. The van der Waals surface area contributed by atoms with Gasteiger partial charge in [0.15, 0.2) is 0 Å². The van der Waals surface area contributed by atoms with Gasteiger partial charge in [0.1, 0.15) is 11.6 Å². The van der Waals surface area contributed by atoms with E-state index in [2.05, 4.69) is 0 Å². The molecule has 116 valence electrons. The monoisotopic (exact) mass is 309 g/mol. The number of nitrogens with zero attached hydrogens (tertiary/aromatic N) is 1. The van der Waals surface area contributed by atoms with Gasteiger partial charge in [-0.1, -0.05) is 0 Å². The van der Waals surface area contributed by atoms with Gasteiger partial charge in [-0.05, 0) is 30.4 Å². The molecule has 1 amide bonds. The lowest BCUT2D eigenvalue weighted by Crippen LogP contribution is -2.37. The summed E-state index contributed by atoms with van der Waals surface area (Å²) in [5.41, 5.74) is -1.90. The van der Waals surface area contributed by atoms with Crippen molar-refractivity contribution in [3.05, 3.63) is 34.9 Å². The minimum absolute atomic E-state index is 0.0371. The minimum Gasteiger partial charge on any atom is -0.465 e. The highest BCUT2D eigenvalue weighted by atomic mass is 19.4. The number of likely N-dealkylation sites (tertiary alicyclic amines) is 1. The largest absolute Gasteiger partial charge is 0.465 e. The zero-order valence-corrected chi connectivity index (χ0v) is 10.8. The summed E-state index contributed by atoms with van der Waals surface area (Å²) in [5, 5.41) is 8.79. The average Bonchev–Trinajstić information content (AvgIpc) is 2.36. The van der Waals surface area contributed by atoms with Gasteiger partial charge in [-0.3, -0.25) is 0 Å². The Hall–Kier alpha value is -1.86. The van der Waals surface area contributed by atoms with Gasteiger partial charge in [0.05, 0.1) is 5.56 Å². The zero-order chi connectivity index (χ0) is 15.8. The quantitative estimate of drug-likeness (QED) is 0.801. The van der Waals surface area contributed by atoms with Crippen molar-refractivity contribution in [3.63, 3.8) is 0 Å². The van der Waals surface area contributed by atoms with E-state index >= 15 is 0 Å². The Morgan fingerprint density at radius 1 is 1.19 bits per heavy atom. The van der Waals surface area contributed by atoms with E-state index in [1.165, 1.54) is 0 Å². The van der Waals surface area contributed by atoms with E-state index in [4.69, 9.17) is 5.11 Å². The highest BCUT2D eigenvalue weighted by Gasteiger charge is 2.39. The lowest BCUT2D eigenvalue weighted by atomic mass is 9.86. The van der Waals surface area contributed by atoms with E-state index in [0.29, 0.717) is 6.07 Å². The molecule has 0 radical (unpaired) electrons. The van der Waals surface area contributed by atoms with Gasteiger partial charge < -0.3 is 10.0 Å². The molecule has 1 aromatic carbocycles. The number of carbonyl (C=O) groups is 1. The molecule has 1 heterocycles. The third kappa shape index (κ3) is 3.25. The van der Waals surface area contributed by atoms with Crippen LogP contribution in [0.25, 0.3) is 0 Å². The highest BCUT2D eigenvalue weighted by Crippen LogP contribution is 2.40. The number of benzene rings is 1. The van der Waals surface area contributed by atoms with Crippen molar-refractivity contribution in [2.45, 2.75) is 24.9 Å². The third-order valence-corrected chi connectivity index (χ3v) is 3.57. The first-order chi connectivity index (χ1) is 9.70. The number of hydrogen-bond donors (Lipinski definition) is 1. The number of rotatable bonds is 1. The van der Waals surface area contributed by atoms with Crippen LogP contribution in [0.5, 0.6) is 0 Å². The number of alkyl halides is 3. The van der Waals surface area contributed by atoms with E-state index in [9.17, 15) is 26.7 Å². The smallest absolute Gasteiger partial charge is 0.419 e. The van der Waals surface area contributed by atoms with Gasteiger partial charge in [-0.25, -0.2) is 13.6 Å². The van der Waals surface area contributed by atoms with Crippen molar-refractivity contribution in [1.82, 2.24) is 4.90 Å². The molecule has 2 rings (SSSR count). The lowest BCUT2D eigenvalue weighted by molar-refractivity contribution is -0.141. The Bertz CT molecular complexity index is 550. The molecule has 1 fully saturated rings. The summed E-state index contributed by atoms with van der Waals surface area (Å²) in [6.07, 6.45) is -5.89. The Kier molecular flexibility index (Phi) is 4.06. The molecule has 0 aromatic heterocycles. The van der Waals surface area contributed by atoms with Crippen molar-refractivity contribution >= 4 is 6.09 Å². The summed E-state index contributed by atoms with van der Waals surface area (Å²) in [6.45, 7) is 0.0743. The topological polar surface area (TPSA) is 40.5 Å². The molecule has 0 atom stereocenters. The minimum atomic E-state index is -4.92. The van der Waals surface area contributed by atoms with E-state index < -0.39 is 40.9 Å². The van der Waals surface area contributed by atoms with Crippen LogP contribution < -0.4 is 0 Å². The van der Waals surface area contributed by atoms with Gasteiger partial charge in [0, 0.05) is 19.2 Å². The van der Waals surface area contributed by atoms with Crippen LogP contribution in [0.1, 0.15) is 29.9 Å². The van der Waals surface area contributed by atoms with E-state index in [0.717, 1.165) is 4.90 Å². The van der Waals surface area contributed by atoms with Crippen LogP contribution in [0.4, 0.5) is 26.7 Å². The normalized spacial score (nSPS) is 17.1. The molecular formula is C13H12F5NO2. The molecule has 21 heavy (non-hydrogen) atoms. The molecule has 1 aromatic rings. The summed E-state index contributed by atoms with van der Waals surface area (Å²) < 4.78 is 65.5. The van der Waals surface area contributed by atoms with Crippen molar-refractivity contribution in [2.75, 3.05) is 13.1 Å². The first kappa shape index (κ1) is 15.5. The number of hydrogen-bond acceptors (Lipinski definition) is 1. The van der Waals surface area contributed by atoms with E-state index in [1.54, 1.807) is 0 Å². The molecule has 1 aliphatic rings. The van der Waals surface area contributed by atoms with Crippen LogP contribution in [0, 0.1) is 11.6 Å². The number of amides is 1. The number of piperidine rings is 1. The molecule has 0 saturated carbocycles. The van der Waals surface area contributed by atoms with Gasteiger partial charge in [-0.2, -0.15) is 13.2 Å². The third-order valence-electron chi connectivity index (χ3n) is 3.57. The molecule has 1 N–H and O–H groups in total. The Labute approximate surface area is 117 Å². The van der Waals surface area contributed by atoms with Crippen molar-refractivity contribution in [1.29, 1.82) is 0 Å². The summed E-state index contributed by atoms with van der Waals surface area (Å²) in [6, 6.07) is 0.895. The standard InChI is InChI=1S/C13H12F5NO2/c14-8-5-9(11(10(15)6-8)13(16,17)18)7-1-3-19(4-2-7)12(20)21/h5-7H,1-4H2,(H,20,21). The maximum atomic E-state index is 13.5. The van der Waals surface area contributed by atoms with Gasteiger partial charge in [0.2, 0.25) is 0 Å². The number of halogens is 5. The predicted octanol–water partition coefficient (Wildman–Crippen LogP) is 3.84. The lowest BCUT2D eigenvalue weighted by Gasteiger charge is -2.31. The summed E-state index contributed by atoms with van der Waals surface area (Å²) in [7, 11) is 0. The molecule has 0 spiro atoms. The van der Waals surface area contributed by atoms with Crippen molar-refractivity contribution in [2.24, 2.45) is 0 Å². The van der Waals surface area contributed by atoms with Crippen LogP contribution in [0.2, 0.25) is 0 Å². The van der Waals surface area contributed by atoms with Gasteiger partial charge in [-0.15, -0.1) is 0 Å². The van der Waals surface area contributed by atoms with Crippen LogP contribution in [0.15, 0.2) is 12.1 Å². The van der Waals surface area contributed by atoms with Gasteiger partial charge >= 0.3 is 12.3 Å². The molecule has 8 heteroatoms. The predicted molar refractivity (Wildman–Crippen MR) is 62.9 cm³/mol. The van der Waals surface area contributed by atoms with Crippen molar-refractivity contribution < 1.29 is 31.9 Å². The molecule has 3 nitrogen and oxygen atoms in total. The maximum Gasteiger partial charge on any atom is 0.419 e. The van der Waals surface area contributed by atoms with Gasteiger partial charge in [0.25, 0.3) is 0 Å². The molecule has 0 aliphatic carbocycles. The fraction of sp³-hybridized carbons (Fsp3) is 0.462. The first-order valence-corrected chi connectivity index (χ1v) is 6.24. The molecule has 0 bridgehead atoms. The van der Waals surface area contributed by atoms with Crippen LogP contribution >= 0.6 is 0 Å². The SMILES string of the molecule is O=C(O)N1CCC(c2cc(F)cc(F)c2C(F)(F)F)CC1. The Balaban J connectivity index is 2.34. The Morgan fingerprint density at radius 3 is 2.24 bits per heavy atom. The fourth-order valence-electron chi connectivity index (χ4n) is 2.60. The average molecular weight is 309 g/mol. The van der Waals surface area contributed by atoms with Crippen LogP contribution in [-0.2, 0) is 6.18 Å². The second-order valence-corrected chi connectivity index (χ2v) is 4.89. The second kappa shape index (κ2) is 5.50. The highest BCUT2D eigenvalue weighted by molar-refractivity contribution is 5.65. The maximum absolute atomic E-state index is 13.5. The van der Waals surface area contributed by atoms with E-state index in [1.807, 2.05) is 0 Å². The number of carboxylic acid groups (broad SMARTS) is 1. The molecule has 0 unspecified atom stereocenters. The second-order valence-electron chi connectivity index (χ2n) is 4.89. The van der Waals surface area contributed by atoms with Crippen LogP contribution in [0.3, 0.4) is 0 Å². The molecule has 1 saturated heterocycles. The van der Waals surface area contributed by atoms with E-state index in [-0.39, 0.29) is 32.0 Å². The van der Waals surface area contributed by atoms with Crippen LogP contribution in [-0.4, -0.2) is 29.2 Å². The fourth-order valence-corrected chi connectivity index (χ4v) is 2.60. The molecule has 1 aliphatic heterocycles. The zero-order valence-electron chi connectivity index (χ0n) is 10.8. The summed E-state index contributed by atoms with van der Waals surface area (Å²) in [4.78, 5) is 11.8. The summed E-state index contributed by atoms with van der Waals surface area (Å²) >= 11 is 0. The molecular weight excluding hydrogens is 297 g/mol.